The molecule has 30 heavy (non-hydrogen) atoms. The molecule has 1 atom stereocenters. The summed E-state index contributed by atoms with van der Waals surface area (Å²) < 4.78 is 6.69. The van der Waals surface area contributed by atoms with Gasteiger partial charge in [0.2, 0.25) is 5.60 Å². The molecule has 0 bridgehead atoms. The lowest BCUT2D eigenvalue weighted by Gasteiger charge is -2.23. The number of aryl methyl sites for hydroxylation is 1. The normalized spacial score (nSPS) is 18.0. The highest BCUT2D eigenvalue weighted by Gasteiger charge is 2.47. The number of ether oxygens (including phenoxy) is 1. The van der Waals surface area contributed by atoms with Crippen molar-refractivity contribution in [3.8, 4) is 0 Å². The standard InChI is InChI=1S/C22H22N4O4/c1-26-19-10-6-9-17(18(19)14-24-26)20(27)23-13-16-12-22(30-25-16,21(28)29-2)11-15-7-4-3-5-8-15/h3-10,14H,11-13H2,1-2H3,(H,23,27). The monoisotopic (exact) mass is 406 g/mol. The van der Waals surface area contributed by atoms with Crippen molar-refractivity contribution in [2.75, 3.05) is 13.7 Å². The quantitative estimate of drug-likeness (QED) is 0.634. The molecular formula is C22H22N4O4. The molecule has 8 nitrogen and oxygen atoms in total. The van der Waals surface area contributed by atoms with Crippen molar-refractivity contribution in [2.45, 2.75) is 18.4 Å². The molecule has 2 aromatic carbocycles. The van der Waals surface area contributed by atoms with Gasteiger partial charge in [-0.2, -0.15) is 5.10 Å². The molecule has 1 aromatic heterocycles. The summed E-state index contributed by atoms with van der Waals surface area (Å²) in [5, 5.41) is 11.9. The number of carbonyl (C=O) groups excluding carboxylic acids is 2. The van der Waals surface area contributed by atoms with Crippen LogP contribution in [-0.2, 0) is 27.8 Å². The molecule has 4 rings (SSSR count). The number of hydrogen-bond acceptors (Lipinski definition) is 6. The predicted molar refractivity (Wildman–Crippen MR) is 111 cm³/mol. The van der Waals surface area contributed by atoms with Gasteiger partial charge in [0.15, 0.2) is 0 Å². The Labute approximate surface area is 173 Å². The van der Waals surface area contributed by atoms with Gasteiger partial charge in [0.25, 0.3) is 5.91 Å². The van der Waals surface area contributed by atoms with Crippen molar-refractivity contribution in [2.24, 2.45) is 12.2 Å². The fraction of sp³-hybridized carbons (Fsp3) is 0.273. The van der Waals surface area contributed by atoms with Crippen LogP contribution in [0, 0.1) is 0 Å². The van der Waals surface area contributed by atoms with Crippen molar-refractivity contribution >= 4 is 28.5 Å². The fourth-order valence-corrected chi connectivity index (χ4v) is 3.68. The lowest BCUT2D eigenvalue weighted by atomic mass is 9.89. The SMILES string of the molecule is COC(=O)C1(Cc2ccccc2)CC(CNC(=O)c2cccc3c2cnn3C)=NO1. The van der Waals surface area contributed by atoms with Crippen molar-refractivity contribution in [1.82, 2.24) is 15.1 Å². The lowest BCUT2D eigenvalue weighted by molar-refractivity contribution is -0.166. The number of carbonyl (C=O) groups is 2. The zero-order valence-corrected chi connectivity index (χ0v) is 16.8. The summed E-state index contributed by atoms with van der Waals surface area (Å²) in [7, 11) is 3.15. The summed E-state index contributed by atoms with van der Waals surface area (Å²) in [5.41, 5.74) is 1.69. The van der Waals surface area contributed by atoms with E-state index in [4.69, 9.17) is 9.57 Å². The predicted octanol–water partition coefficient (Wildman–Crippen LogP) is 2.23. The maximum Gasteiger partial charge on any atom is 0.353 e. The second kappa shape index (κ2) is 7.98. The minimum absolute atomic E-state index is 0.170. The maximum absolute atomic E-state index is 12.7. The van der Waals surface area contributed by atoms with Gasteiger partial charge in [-0.15, -0.1) is 0 Å². The minimum Gasteiger partial charge on any atom is -0.466 e. The largest absolute Gasteiger partial charge is 0.466 e. The Balaban J connectivity index is 1.45. The summed E-state index contributed by atoms with van der Waals surface area (Å²) in [4.78, 5) is 30.8. The molecule has 1 unspecified atom stereocenters. The Morgan fingerprint density at radius 2 is 2.00 bits per heavy atom. The molecule has 0 radical (unpaired) electrons. The minimum atomic E-state index is -1.22. The van der Waals surface area contributed by atoms with Gasteiger partial charge in [-0.25, -0.2) is 4.79 Å². The molecule has 1 amide bonds. The first-order valence-corrected chi connectivity index (χ1v) is 9.57. The average molecular weight is 406 g/mol. The Morgan fingerprint density at radius 3 is 2.77 bits per heavy atom. The summed E-state index contributed by atoms with van der Waals surface area (Å²) in [6.07, 6.45) is 2.24. The van der Waals surface area contributed by atoms with Gasteiger partial charge in [-0.1, -0.05) is 41.6 Å². The Hall–Kier alpha value is -3.68. The smallest absolute Gasteiger partial charge is 0.353 e. The van der Waals surface area contributed by atoms with Crippen molar-refractivity contribution in [1.29, 1.82) is 0 Å². The number of nitrogens with zero attached hydrogens (tertiary/aromatic N) is 3. The number of aromatic nitrogens is 2. The zero-order valence-electron chi connectivity index (χ0n) is 16.8. The van der Waals surface area contributed by atoms with E-state index in [1.807, 2.05) is 49.5 Å². The molecular weight excluding hydrogens is 384 g/mol. The van der Waals surface area contributed by atoms with Crippen LogP contribution in [0.5, 0.6) is 0 Å². The van der Waals surface area contributed by atoms with E-state index < -0.39 is 11.6 Å². The third-order valence-electron chi connectivity index (χ3n) is 5.22. The molecule has 2 heterocycles. The molecule has 1 aliphatic rings. The molecule has 0 fully saturated rings. The van der Waals surface area contributed by atoms with Crippen LogP contribution < -0.4 is 5.32 Å². The second-order valence-corrected chi connectivity index (χ2v) is 7.26. The van der Waals surface area contributed by atoms with E-state index in [0.29, 0.717) is 17.7 Å². The van der Waals surface area contributed by atoms with Crippen LogP contribution in [0.4, 0.5) is 0 Å². The zero-order chi connectivity index (χ0) is 21.1. The topological polar surface area (TPSA) is 94.8 Å². The highest BCUT2D eigenvalue weighted by molar-refractivity contribution is 6.07. The molecule has 0 saturated carbocycles. The molecule has 154 valence electrons. The number of nitrogens with one attached hydrogen (secondary N) is 1. The van der Waals surface area contributed by atoms with Crippen molar-refractivity contribution in [3.05, 3.63) is 65.9 Å². The molecule has 0 spiro atoms. The highest BCUT2D eigenvalue weighted by atomic mass is 16.7. The lowest BCUT2D eigenvalue weighted by Crippen LogP contribution is -2.43. The third-order valence-corrected chi connectivity index (χ3v) is 5.22. The number of rotatable bonds is 6. The fourth-order valence-electron chi connectivity index (χ4n) is 3.68. The van der Waals surface area contributed by atoms with Crippen LogP contribution in [0.25, 0.3) is 10.9 Å². The maximum atomic E-state index is 12.7. The molecule has 1 aliphatic heterocycles. The number of hydrogen-bond donors (Lipinski definition) is 1. The van der Waals surface area contributed by atoms with E-state index in [1.54, 1.807) is 16.9 Å². The van der Waals surface area contributed by atoms with Crippen LogP contribution in [0.1, 0.15) is 22.3 Å². The van der Waals surface area contributed by atoms with E-state index in [0.717, 1.165) is 16.5 Å². The number of esters is 1. The van der Waals surface area contributed by atoms with Crippen molar-refractivity contribution in [3.63, 3.8) is 0 Å². The average Bonchev–Trinajstić information content (AvgIpc) is 3.36. The summed E-state index contributed by atoms with van der Waals surface area (Å²) in [5.74, 6) is -0.730. The second-order valence-electron chi connectivity index (χ2n) is 7.26. The van der Waals surface area contributed by atoms with E-state index in [2.05, 4.69) is 15.6 Å². The summed E-state index contributed by atoms with van der Waals surface area (Å²) in [6.45, 7) is 0.170. The van der Waals surface area contributed by atoms with Crippen LogP contribution >= 0.6 is 0 Å². The van der Waals surface area contributed by atoms with E-state index >= 15 is 0 Å². The Kier molecular flexibility index (Phi) is 5.22. The van der Waals surface area contributed by atoms with Gasteiger partial charge < -0.3 is 14.9 Å². The number of fused-ring (bicyclic) bond motifs is 1. The van der Waals surface area contributed by atoms with E-state index in [1.165, 1.54) is 7.11 Å². The van der Waals surface area contributed by atoms with Gasteiger partial charge in [-0.3, -0.25) is 9.48 Å². The highest BCUT2D eigenvalue weighted by Crippen LogP contribution is 2.30. The molecule has 3 aromatic rings. The van der Waals surface area contributed by atoms with Gasteiger partial charge in [0.1, 0.15) is 0 Å². The molecule has 0 saturated heterocycles. The van der Waals surface area contributed by atoms with Crippen LogP contribution in [0.15, 0.2) is 59.9 Å². The summed E-state index contributed by atoms with van der Waals surface area (Å²) >= 11 is 0. The Morgan fingerprint density at radius 1 is 1.20 bits per heavy atom. The van der Waals surface area contributed by atoms with Gasteiger partial charge >= 0.3 is 5.97 Å². The van der Waals surface area contributed by atoms with Gasteiger partial charge in [0.05, 0.1) is 36.6 Å². The van der Waals surface area contributed by atoms with Crippen LogP contribution in [0.2, 0.25) is 0 Å². The van der Waals surface area contributed by atoms with Crippen molar-refractivity contribution < 1.29 is 19.2 Å². The number of oxime groups is 1. The van der Waals surface area contributed by atoms with Gasteiger partial charge in [0, 0.05) is 25.3 Å². The first-order chi connectivity index (χ1) is 14.5. The number of amides is 1. The third kappa shape index (κ3) is 3.63. The first-order valence-electron chi connectivity index (χ1n) is 9.57. The Bertz CT molecular complexity index is 1120. The van der Waals surface area contributed by atoms with E-state index in [-0.39, 0.29) is 18.9 Å². The molecule has 1 N–H and O–H groups in total. The van der Waals surface area contributed by atoms with Crippen LogP contribution in [-0.4, -0.2) is 46.6 Å². The molecule has 8 heteroatoms. The summed E-state index contributed by atoms with van der Waals surface area (Å²) in [6, 6.07) is 15.0. The number of methoxy groups -OCH3 is 1. The van der Waals surface area contributed by atoms with Gasteiger partial charge in [-0.05, 0) is 17.7 Å². The number of benzene rings is 2. The van der Waals surface area contributed by atoms with Crippen LogP contribution in [0.3, 0.4) is 0 Å². The molecule has 0 aliphatic carbocycles. The van der Waals surface area contributed by atoms with E-state index in [9.17, 15) is 9.59 Å². The first kappa shape index (κ1) is 19.6.